The molecule has 7 nitrogen and oxygen atoms in total. The largest absolute Gasteiger partial charge is 0.469 e. The second-order valence-electron chi connectivity index (χ2n) is 6.34. The first-order chi connectivity index (χ1) is 12.9. The highest BCUT2D eigenvalue weighted by Gasteiger charge is 2.21. The minimum Gasteiger partial charge on any atom is -0.469 e. The molecule has 3 rings (SSSR count). The van der Waals surface area contributed by atoms with E-state index in [1.54, 1.807) is 18.7 Å². The second kappa shape index (κ2) is 9.79. The molecule has 1 aliphatic heterocycles. The first-order valence-corrected chi connectivity index (χ1v) is 9.44. The van der Waals surface area contributed by atoms with Gasteiger partial charge in [0.05, 0.1) is 6.26 Å². The zero-order valence-corrected chi connectivity index (χ0v) is 15.5. The quantitative estimate of drug-likeness (QED) is 0.466. The van der Waals surface area contributed by atoms with Crippen molar-refractivity contribution in [2.75, 3.05) is 44.2 Å². The first-order valence-electron chi connectivity index (χ1n) is 9.44. The maximum Gasteiger partial charge on any atom is 0.225 e. The van der Waals surface area contributed by atoms with E-state index in [9.17, 15) is 0 Å². The van der Waals surface area contributed by atoms with E-state index in [2.05, 4.69) is 32.0 Å². The number of unbranched alkanes of at least 4 members (excludes halogenated alkanes) is 1. The predicted molar refractivity (Wildman–Crippen MR) is 103 cm³/mol. The van der Waals surface area contributed by atoms with Crippen LogP contribution in [0.5, 0.6) is 0 Å². The fourth-order valence-electron chi connectivity index (χ4n) is 2.94. The molecule has 0 amide bonds. The Morgan fingerprint density at radius 1 is 1.19 bits per heavy atom. The van der Waals surface area contributed by atoms with E-state index in [-0.39, 0.29) is 0 Å². The summed E-state index contributed by atoms with van der Waals surface area (Å²) in [6.07, 6.45) is 8.43. The third kappa shape index (κ3) is 5.21. The van der Waals surface area contributed by atoms with Crippen molar-refractivity contribution in [3.8, 4) is 0 Å². The molecule has 0 aromatic carbocycles. The van der Waals surface area contributed by atoms with Crippen LogP contribution < -0.4 is 10.2 Å². The van der Waals surface area contributed by atoms with Crippen LogP contribution in [0.15, 0.2) is 46.3 Å². The fraction of sp³-hybridized carbons (Fsp3) is 0.526. The highest BCUT2D eigenvalue weighted by atomic mass is 16.3. The Labute approximate surface area is 155 Å². The van der Waals surface area contributed by atoms with Crippen LogP contribution in [0.1, 0.15) is 25.5 Å². The van der Waals surface area contributed by atoms with Crippen molar-refractivity contribution >= 4 is 11.9 Å². The average Bonchev–Trinajstić information content (AvgIpc) is 3.21. The zero-order chi connectivity index (χ0) is 18.0. The summed E-state index contributed by atoms with van der Waals surface area (Å²) in [4.78, 5) is 18.1. The summed E-state index contributed by atoms with van der Waals surface area (Å²) in [5.74, 6) is 2.80. The number of furan rings is 1. The Bertz CT molecular complexity index is 650. The monoisotopic (exact) mass is 356 g/mol. The molecule has 1 N–H and O–H groups in total. The van der Waals surface area contributed by atoms with Crippen LogP contribution in [0.4, 0.5) is 5.95 Å². The lowest BCUT2D eigenvalue weighted by Gasteiger charge is -2.36. The molecular formula is C19H28N6O. The van der Waals surface area contributed by atoms with Crippen molar-refractivity contribution in [1.82, 2.24) is 20.2 Å². The van der Waals surface area contributed by atoms with Crippen molar-refractivity contribution < 1.29 is 4.42 Å². The molecule has 0 atom stereocenters. The maximum absolute atomic E-state index is 5.41. The van der Waals surface area contributed by atoms with E-state index in [1.807, 2.05) is 18.2 Å². The normalized spacial score (nSPS) is 15.3. The summed E-state index contributed by atoms with van der Waals surface area (Å²) < 4.78 is 5.41. The Morgan fingerprint density at radius 2 is 2.00 bits per heavy atom. The van der Waals surface area contributed by atoms with Gasteiger partial charge in [0.1, 0.15) is 5.76 Å². The molecule has 0 aliphatic carbocycles. The predicted octanol–water partition coefficient (Wildman–Crippen LogP) is 2.18. The summed E-state index contributed by atoms with van der Waals surface area (Å²) in [6, 6.07) is 5.78. The number of nitrogens with one attached hydrogen (secondary N) is 1. The van der Waals surface area contributed by atoms with E-state index >= 15 is 0 Å². The molecule has 0 spiro atoms. The molecule has 3 heterocycles. The third-order valence-corrected chi connectivity index (χ3v) is 4.42. The molecule has 0 saturated carbocycles. The highest BCUT2D eigenvalue weighted by molar-refractivity contribution is 5.80. The van der Waals surface area contributed by atoms with Crippen LogP contribution in [0.25, 0.3) is 0 Å². The topological polar surface area (TPSA) is 69.8 Å². The Morgan fingerprint density at radius 3 is 2.69 bits per heavy atom. The number of guanidine groups is 1. The van der Waals surface area contributed by atoms with E-state index in [1.165, 1.54) is 0 Å². The number of aromatic nitrogens is 2. The highest BCUT2D eigenvalue weighted by Crippen LogP contribution is 2.10. The summed E-state index contributed by atoms with van der Waals surface area (Å²) in [7, 11) is 0. The molecule has 0 unspecified atom stereocenters. The molecule has 1 aliphatic rings. The number of piperazine rings is 1. The van der Waals surface area contributed by atoms with E-state index in [0.29, 0.717) is 0 Å². The Balaban J connectivity index is 1.53. The van der Waals surface area contributed by atoms with E-state index in [4.69, 9.17) is 9.41 Å². The van der Waals surface area contributed by atoms with Gasteiger partial charge in [0.2, 0.25) is 5.95 Å². The SMILES string of the molecule is CCCCN=C(NCCc1ccco1)N1CCN(c2ncccn2)CC1. The zero-order valence-electron chi connectivity index (χ0n) is 15.5. The number of aliphatic imine (C=N–C) groups is 1. The molecule has 7 heteroatoms. The summed E-state index contributed by atoms with van der Waals surface area (Å²) in [6.45, 7) is 7.50. The molecule has 2 aromatic rings. The number of anilines is 1. The van der Waals surface area contributed by atoms with E-state index in [0.717, 1.165) is 76.2 Å². The van der Waals surface area contributed by atoms with Gasteiger partial charge in [-0.3, -0.25) is 4.99 Å². The molecule has 0 bridgehead atoms. The minimum absolute atomic E-state index is 0.808. The van der Waals surface area contributed by atoms with Gasteiger partial charge in [-0.15, -0.1) is 0 Å². The first kappa shape index (κ1) is 18.2. The fourth-order valence-corrected chi connectivity index (χ4v) is 2.94. The maximum atomic E-state index is 5.41. The minimum atomic E-state index is 0.808. The summed E-state index contributed by atoms with van der Waals surface area (Å²) in [5.41, 5.74) is 0. The average molecular weight is 356 g/mol. The number of hydrogen-bond donors (Lipinski definition) is 1. The molecular weight excluding hydrogens is 328 g/mol. The second-order valence-corrected chi connectivity index (χ2v) is 6.34. The lowest BCUT2D eigenvalue weighted by molar-refractivity contribution is 0.368. The smallest absolute Gasteiger partial charge is 0.225 e. The van der Waals surface area contributed by atoms with Crippen molar-refractivity contribution in [2.45, 2.75) is 26.2 Å². The number of nitrogens with zero attached hydrogens (tertiary/aromatic N) is 5. The molecule has 140 valence electrons. The van der Waals surface area contributed by atoms with Crippen LogP contribution in [-0.2, 0) is 6.42 Å². The van der Waals surface area contributed by atoms with Gasteiger partial charge in [-0.1, -0.05) is 13.3 Å². The Hall–Kier alpha value is -2.57. The van der Waals surface area contributed by atoms with Gasteiger partial charge < -0.3 is 19.5 Å². The van der Waals surface area contributed by atoms with Crippen LogP contribution >= 0.6 is 0 Å². The molecule has 2 aromatic heterocycles. The van der Waals surface area contributed by atoms with Crippen LogP contribution in [0.3, 0.4) is 0 Å². The van der Waals surface area contributed by atoms with Gasteiger partial charge in [0.25, 0.3) is 0 Å². The van der Waals surface area contributed by atoms with E-state index < -0.39 is 0 Å². The van der Waals surface area contributed by atoms with Gasteiger partial charge >= 0.3 is 0 Å². The van der Waals surface area contributed by atoms with Crippen molar-refractivity contribution in [2.24, 2.45) is 4.99 Å². The van der Waals surface area contributed by atoms with Gasteiger partial charge in [-0.25, -0.2) is 9.97 Å². The van der Waals surface area contributed by atoms with Gasteiger partial charge in [-0.2, -0.15) is 0 Å². The van der Waals surface area contributed by atoms with Crippen molar-refractivity contribution in [3.05, 3.63) is 42.6 Å². The standard InChI is InChI=1S/C19H28N6O/c1-2-3-8-20-19(23-11-7-17-6-4-16-26-17)25-14-12-24(13-15-25)18-21-9-5-10-22-18/h4-6,9-10,16H,2-3,7-8,11-15H2,1H3,(H,20,23). The Kier molecular flexibility index (Phi) is 6.87. The van der Waals surface area contributed by atoms with Crippen LogP contribution in [-0.4, -0.2) is 60.1 Å². The molecule has 26 heavy (non-hydrogen) atoms. The lowest BCUT2D eigenvalue weighted by atomic mass is 10.3. The van der Waals surface area contributed by atoms with Crippen LogP contribution in [0.2, 0.25) is 0 Å². The molecule has 0 radical (unpaired) electrons. The number of rotatable bonds is 7. The molecule has 1 saturated heterocycles. The van der Waals surface area contributed by atoms with Crippen molar-refractivity contribution in [3.63, 3.8) is 0 Å². The lowest BCUT2D eigenvalue weighted by Crippen LogP contribution is -2.53. The summed E-state index contributed by atoms with van der Waals surface area (Å²) >= 11 is 0. The van der Waals surface area contributed by atoms with Gasteiger partial charge in [0.15, 0.2) is 5.96 Å². The van der Waals surface area contributed by atoms with Gasteiger partial charge in [0, 0.05) is 58.1 Å². The van der Waals surface area contributed by atoms with Crippen molar-refractivity contribution in [1.29, 1.82) is 0 Å². The van der Waals surface area contributed by atoms with Gasteiger partial charge in [-0.05, 0) is 24.6 Å². The summed E-state index contributed by atoms with van der Waals surface area (Å²) in [5, 5.41) is 3.51. The van der Waals surface area contributed by atoms with Crippen LogP contribution in [0, 0.1) is 0 Å². The molecule has 1 fully saturated rings. The number of hydrogen-bond acceptors (Lipinski definition) is 5. The third-order valence-electron chi connectivity index (χ3n) is 4.42.